The predicted octanol–water partition coefficient (Wildman–Crippen LogP) is 3.34. The van der Waals surface area contributed by atoms with Gasteiger partial charge in [0, 0.05) is 18.6 Å². The van der Waals surface area contributed by atoms with E-state index in [4.69, 9.17) is 0 Å². The van der Waals surface area contributed by atoms with Crippen molar-refractivity contribution in [3.05, 3.63) is 45.7 Å². The zero-order valence-electron chi connectivity index (χ0n) is 16.6. The maximum absolute atomic E-state index is 12.9. The predicted molar refractivity (Wildman–Crippen MR) is 111 cm³/mol. The Hall–Kier alpha value is -2.35. The first-order valence-corrected chi connectivity index (χ1v) is 12.2. The molecule has 8 heteroatoms. The lowest BCUT2D eigenvalue weighted by atomic mass is 9.87. The van der Waals surface area contributed by atoms with Crippen LogP contribution in [0.25, 0.3) is 0 Å². The van der Waals surface area contributed by atoms with Gasteiger partial charge in [-0.3, -0.25) is 19.4 Å². The topological polar surface area (TPSA) is 101 Å². The van der Waals surface area contributed by atoms with Gasteiger partial charge in [-0.05, 0) is 30.5 Å². The Balaban J connectivity index is 1.73. The Bertz CT molecular complexity index is 1060. The SMILES string of the molecule is CS(=O)(=O)c1ccc([C@@H]2CC(=O)Nc3c2c(=O)[nH]n3C2CCCCCCC2)cc1. The van der Waals surface area contributed by atoms with E-state index in [0.29, 0.717) is 11.4 Å². The summed E-state index contributed by atoms with van der Waals surface area (Å²) in [4.78, 5) is 25.6. The van der Waals surface area contributed by atoms with Gasteiger partial charge in [0.1, 0.15) is 5.82 Å². The second kappa shape index (κ2) is 7.82. The van der Waals surface area contributed by atoms with E-state index in [1.807, 2.05) is 4.68 Å². The minimum absolute atomic E-state index is 0.131. The smallest absolute Gasteiger partial charge is 0.270 e. The Labute approximate surface area is 170 Å². The largest absolute Gasteiger partial charge is 0.311 e. The highest BCUT2D eigenvalue weighted by atomic mass is 32.2. The van der Waals surface area contributed by atoms with Crippen LogP contribution in [0.3, 0.4) is 0 Å². The number of aromatic nitrogens is 2. The summed E-state index contributed by atoms with van der Waals surface area (Å²) in [5.41, 5.74) is 1.16. The van der Waals surface area contributed by atoms with Crippen LogP contribution in [0.1, 0.15) is 74.5 Å². The van der Waals surface area contributed by atoms with Crippen LogP contribution >= 0.6 is 0 Å². The molecule has 156 valence electrons. The molecule has 1 aromatic heterocycles. The van der Waals surface area contributed by atoms with E-state index in [2.05, 4.69) is 10.4 Å². The Morgan fingerprint density at radius 2 is 1.59 bits per heavy atom. The lowest BCUT2D eigenvalue weighted by Crippen LogP contribution is -2.27. The van der Waals surface area contributed by atoms with Crippen molar-refractivity contribution in [1.29, 1.82) is 0 Å². The van der Waals surface area contributed by atoms with Crippen LogP contribution in [0.5, 0.6) is 0 Å². The van der Waals surface area contributed by atoms with Crippen LogP contribution < -0.4 is 10.9 Å². The third kappa shape index (κ3) is 4.03. The van der Waals surface area contributed by atoms with Gasteiger partial charge in [0.2, 0.25) is 5.91 Å². The van der Waals surface area contributed by atoms with Gasteiger partial charge in [-0.25, -0.2) is 8.42 Å². The van der Waals surface area contributed by atoms with Gasteiger partial charge >= 0.3 is 0 Å². The van der Waals surface area contributed by atoms with Gasteiger partial charge in [0.05, 0.1) is 16.5 Å². The third-order valence-electron chi connectivity index (χ3n) is 6.11. The molecule has 1 fully saturated rings. The Kier molecular flexibility index (Phi) is 5.38. The molecule has 1 amide bonds. The molecule has 2 aromatic rings. The van der Waals surface area contributed by atoms with Crippen LogP contribution in [0.2, 0.25) is 0 Å². The zero-order valence-corrected chi connectivity index (χ0v) is 17.4. The number of hydrogen-bond acceptors (Lipinski definition) is 4. The lowest BCUT2D eigenvalue weighted by molar-refractivity contribution is -0.116. The summed E-state index contributed by atoms with van der Waals surface area (Å²) < 4.78 is 25.3. The molecule has 1 saturated carbocycles. The summed E-state index contributed by atoms with van der Waals surface area (Å²) in [6.45, 7) is 0. The summed E-state index contributed by atoms with van der Waals surface area (Å²) in [6, 6.07) is 6.66. The molecule has 1 aromatic carbocycles. The molecule has 4 rings (SSSR count). The van der Waals surface area contributed by atoms with E-state index in [1.165, 1.54) is 31.4 Å². The van der Waals surface area contributed by atoms with E-state index in [9.17, 15) is 18.0 Å². The molecule has 0 spiro atoms. The lowest BCUT2D eigenvalue weighted by Gasteiger charge is -2.27. The molecule has 0 radical (unpaired) electrons. The highest BCUT2D eigenvalue weighted by Crippen LogP contribution is 2.38. The quantitative estimate of drug-likeness (QED) is 0.800. The molecule has 0 bridgehead atoms. The fourth-order valence-corrected chi connectivity index (χ4v) is 5.21. The van der Waals surface area contributed by atoms with Crippen molar-refractivity contribution in [2.45, 2.75) is 68.2 Å². The van der Waals surface area contributed by atoms with Crippen LogP contribution in [-0.4, -0.2) is 30.4 Å². The van der Waals surface area contributed by atoms with Crippen molar-refractivity contribution in [3.63, 3.8) is 0 Å². The molecule has 7 nitrogen and oxygen atoms in total. The second-order valence-corrected chi connectivity index (χ2v) is 10.2. The summed E-state index contributed by atoms with van der Waals surface area (Å²) in [5, 5.41) is 5.89. The molecule has 2 N–H and O–H groups in total. The van der Waals surface area contributed by atoms with E-state index in [1.54, 1.807) is 12.1 Å². The summed E-state index contributed by atoms with van der Waals surface area (Å²) >= 11 is 0. The Morgan fingerprint density at radius 3 is 2.21 bits per heavy atom. The number of hydrogen-bond donors (Lipinski definition) is 2. The fourth-order valence-electron chi connectivity index (χ4n) is 4.58. The van der Waals surface area contributed by atoms with Crippen LogP contribution in [0.4, 0.5) is 5.82 Å². The first kappa shape index (κ1) is 19.9. The highest BCUT2D eigenvalue weighted by Gasteiger charge is 2.34. The minimum atomic E-state index is -3.30. The zero-order chi connectivity index (χ0) is 20.6. The first-order chi connectivity index (χ1) is 13.8. The number of nitrogens with one attached hydrogen (secondary N) is 2. The molecule has 2 aliphatic rings. The van der Waals surface area contributed by atoms with Crippen molar-refractivity contribution in [3.8, 4) is 0 Å². The molecule has 1 atom stereocenters. The van der Waals surface area contributed by atoms with Crippen molar-refractivity contribution >= 4 is 21.6 Å². The van der Waals surface area contributed by atoms with Crippen LogP contribution in [0.15, 0.2) is 34.0 Å². The molecule has 29 heavy (non-hydrogen) atoms. The monoisotopic (exact) mass is 417 g/mol. The van der Waals surface area contributed by atoms with E-state index >= 15 is 0 Å². The molecular weight excluding hydrogens is 390 g/mol. The number of nitrogens with zero attached hydrogens (tertiary/aromatic N) is 1. The number of H-pyrrole nitrogens is 1. The van der Waals surface area contributed by atoms with Crippen LogP contribution in [-0.2, 0) is 14.6 Å². The van der Waals surface area contributed by atoms with E-state index in [-0.39, 0.29) is 34.7 Å². The third-order valence-corrected chi connectivity index (χ3v) is 7.24. The van der Waals surface area contributed by atoms with Gasteiger partial charge < -0.3 is 5.32 Å². The number of amides is 1. The molecule has 1 aliphatic heterocycles. The first-order valence-electron chi connectivity index (χ1n) is 10.3. The number of carbonyl (C=O) groups is 1. The normalized spacial score (nSPS) is 21.1. The fraction of sp³-hybridized carbons (Fsp3) is 0.524. The number of anilines is 1. The van der Waals surface area contributed by atoms with Crippen molar-refractivity contribution < 1.29 is 13.2 Å². The number of aromatic amines is 1. The van der Waals surface area contributed by atoms with Crippen molar-refractivity contribution in [2.75, 3.05) is 11.6 Å². The van der Waals surface area contributed by atoms with Crippen molar-refractivity contribution in [2.24, 2.45) is 0 Å². The second-order valence-electron chi connectivity index (χ2n) is 8.22. The molecule has 2 heterocycles. The van der Waals surface area contributed by atoms with Crippen LogP contribution in [0, 0.1) is 0 Å². The number of rotatable bonds is 3. The number of carbonyl (C=O) groups excluding carboxylic acids is 1. The standard InChI is InChI=1S/C21H27N3O4S/c1-29(27,28)16-11-9-14(10-12-16)17-13-18(25)22-20-19(17)21(26)23-24(20)15-7-5-3-2-4-6-8-15/h9-12,15,17H,2-8,13H2,1H3,(H,22,25)(H,23,26)/t17-/m0/s1. The van der Waals surface area contributed by atoms with Gasteiger partial charge in [-0.15, -0.1) is 0 Å². The van der Waals surface area contributed by atoms with Crippen molar-refractivity contribution in [1.82, 2.24) is 9.78 Å². The maximum Gasteiger partial charge on any atom is 0.270 e. The summed E-state index contributed by atoms with van der Waals surface area (Å²) in [6.07, 6.45) is 9.19. The summed E-state index contributed by atoms with van der Waals surface area (Å²) in [7, 11) is -3.30. The maximum atomic E-state index is 12.9. The number of sulfone groups is 1. The van der Waals surface area contributed by atoms with Gasteiger partial charge in [0.25, 0.3) is 5.56 Å². The average Bonchev–Trinajstić information content (AvgIpc) is 2.96. The molecular formula is C21H27N3O4S. The molecule has 1 aliphatic carbocycles. The molecule has 0 unspecified atom stereocenters. The number of fused-ring (bicyclic) bond motifs is 1. The van der Waals surface area contributed by atoms with E-state index in [0.717, 1.165) is 37.5 Å². The van der Waals surface area contributed by atoms with Gasteiger partial charge in [0.15, 0.2) is 9.84 Å². The van der Waals surface area contributed by atoms with E-state index < -0.39 is 9.84 Å². The average molecular weight is 418 g/mol. The minimum Gasteiger partial charge on any atom is -0.311 e. The van der Waals surface area contributed by atoms with Gasteiger partial charge in [-0.2, -0.15) is 0 Å². The van der Waals surface area contributed by atoms with Gasteiger partial charge in [-0.1, -0.05) is 44.2 Å². The summed E-state index contributed by atoms with van der Waals surface area (Å²) in [5.74, 6) is 0.0632. The number of benzene rings is 1. The highest BCUT2D eigenvalue weighted by molar-refractivity contribution is 7.90. The Morgan fingerprint density at radius 1 is 0.966 bits per heavy atom. The molecule has 0 saturated heterocycles.